The third-order valence-corrected chi connectivity index (χ3v) is 4.14. The van der Waals surface area contributed by atoms with Gasteiger partial charge in [-0.25, -0.2) is 4.39 Å². The van der Waals surface area contributed by atoms with E-state index in [4.69, 9.17) is 17.3 Å². The van der Waals surface area contributed by atoms with Gasteiger partial charge in [-0.05, 0) is 60.7 Å². The highest BCUT2D eigenvalue weighted by molar-refractivity contribution is 9.10. The average molecular weight is 357 g/mol. The molecule has 2 N–H and O–H groups in total. The van der Waals surface area contributed by atoms with Crippen molar-refractivity contribution in [1.82, 2.24) is 0 Å². The number of rotatable bonds is 5. The van der Waals surface area contributed by atoms with Crippen molar-refractivity contribution in [2.75, 3.05) is 6.54 Å². The molecule has 0 aliphatic rings. The van der Waals surface area contributed by atoms with Gasteiger partial charge in [0, 0.05) is 9.50 Å². The highest BCUT2D eigenvalue weighted by Crippen LogP contribution is 2.24. The van der Waals surface area contributed by atoms with Crippen LogP contribution < -0.4 is 5.73 Å². The second-order valence-electron chi connectivity index (χ2n) is 4.87. The lowest BCUT2D eigenvalue weighted by Crippen LogP contribution is -2.19. The van der Waals surface area contributed by atoms with Gasteiger partial charge in [-0.1, -0.05) is 45.7 Å². The van der Waals surface area contributed by atoms with Crippen molar-refractivity contribution in [2.24, 2.45) is 11.7 Å². The molecular formula is C16H16BrClFN. The van der Waals surface area contributed by atoms with E-state index in [2.05, 4.69) is 15.9 Å². The van der Waals surface area contributed by atoms with Crippen LogP contribution in [0.25, 0.3) is 0 Å². The molecule has 4 heteroatoms. The third kappa shape index (κ3) is 4.30. The molecule has 2 aromatic carbocycles. The summed E-state index contributed by atoms with van der Waals surface area (Å²) in [4.78, 5) is 0. The van der Waals surface area contributed by atoms with E-state index in [-0.39, 0.29) is 5.82 Å². The number of nitrogens with two attached hydrogens (primary N) is 1. The Balaban J connectivity index is 2.07. The predicted molar refractivity (Wildman–Crippen MR) is 85.5 cm³/mol. The highest BCUT2D eigenvalue weighted by Gasteiger charge is 2.11. The molecule has 2 aromatic rings. The van der Waals surface area contributed by atoms with Crippen LogP contribution in [0.1, 0.15) is 11.1 Å². The lowest BCUT2D eigenvalue weighted by molar-refractivity contribution is 0.532. The third-order valence-electron chi connectivity index (χ3n) is 3.29. The molecule has 1 unspecified atom stereocenters. The lowest BCUT2D eigenvalue weighted by atomic mass is 9.92. The monoisotopic (exact) mass is 355 g/mol. The first-order chi connectivity index (χ1) is 9.58. The molecule has 0 aliphatic carbocycles. The fraction of sp³-hybridized carbons (Fsp3) is 0.250. The smallest absolute Gasteiger partial charge is 0.123 e. The Morgan fingerprint density at radius 1 is 1.10 bits per heavy atom. The molecule has 106 valence electrons. The van der Waals surface area contributed by atoms with Gasteiger partial charge in [0.25, 0.3) is 0 Å². The van der Waals surface area contributed by atoms with Crippen molar-refractivity contribution in [1.29, 1.82) is 0 Å². The van der Waals surface area contributed by atoms with Crippen LogP contribution in [-0.4, -0.2) is 6.54 Å². The molecular weight excluding hydrogens is 341 g/mol. The second kappa shape index (κ2) is 7.21. The maximum Gasteiger partial charge on any atom is 0.123 e. The summed E-state index contributed by atoms with van der Waals surface area (Å²) < 4.78 is 13.9. The van der Waals surface area contributed by atoms with E-state index in [1.165, 1.54) is 12.1 Å². The maximum atomic E-state index is 12.9. The number of hydrogen-bond donors (Lipinski definition) is 1. The van der Waals surface area contributed by atoms with Gasteiger partial charge in [-0.2, -0.15) is 0 Å². The Morgan fingerprint density at radius 3 is 2.40 bits per heavy atom. The normalized spacial score (nSPS) is 12.4. The van der Waals surface area contributed by atoms with Gasteiger partial charge in [0.05, 0.1) is 0 Å². The van der Waals surface area contributed by atoms with Gasteiger partial charge >= 0.3 is 0 Å². The standard InChI is InChI=1S/C16H16BrClFN/c17-14-4-3-13(16(18)9-14)8-12(10-20)7-11-1-5-15(19)6-2-11/h1-6,9,12H,7-8,10,20H2. The average Bonchev–Trinajstić information content (AvgIpc) is 2.43. The van der Waals surface area contributed by atoms with Gasteiger partial charge in [-0.15, -0.1) is 0 Å². The number of halogens is 3. The zero-order valence-corrected chi connectivity index (χ0v) is 13.3. The fourth-order valence-electron chi connectivity index (χ4n) is 2.19. The van der Waals surface area contributed by atoms with E-state index in [9.17, 15) is 4.39 Å². The van der Waals surface area contributed by atoms with Crippen LogP contribution in [0.15, 0.2) is 46.9 Å². The summed E-state index contributed by atoms with van der Waals surface area (Å²) in [6.07, 6.45) is 1.64. The van der Waals surface area contributed by atoms with E-state index in [0.29, 0.717) is 12.5 Å². The molecule has 0 saturated carbocycles. The van der Waals surface area contributed by atoms with E-state index in [1.807, 2.05) is 18.2 Å². The molecule has 1 atom stereocenters. The Hall–Kier alpha value is -0.900. The molecule has 0 aromatic heterocycles. The van der Waals surface area contributed by atoms with Gasteiger partial charge in [-0.3, -0.25) is 0 Å². The highest BCUT2D eigenvalue weighted by atomic mass is 79.9. The van der Waals surface area contributed by atoms with Crippen LogP contribution in [0.3, 0.4) is 0 Å². The van der Waals surface area contributed by atoms with Crippen LogP contribution in [0, 0.1) is 11.7 Å². The molecule has 0 aliphatic heterocycles. The summed E-state index contributed by atoms with van der Waals surface area (Å²) in [6.45, 7) is 0.573. The number of benzene rings is 2. The Morgan fingerprint density at radius 2 is 1.80 bits per heavy atom. The summed E-state index contributed by atoms with van der Waals surface area (Å²) in [5.74, 6) is 0.0770. The fourth-order valence-corrected chi connectivity index (χ4v) is 2.94. The van der Waals surface area contributed by atoms with E-state index in [1.54, 1.807) is 12.1 Å². The van der Waals surface area contributed by atoms with Gasteiger partial charge < -0.3 is 5.73 Å². The Kier molecular flexibility index (Phi) is 5.58. The van der Waals surface area contributed by atoms with Crippen LogP contribution >= 0.6 is 27.5 Å². The molecule has 0 bridgehead atoms. The predicted octanol–water partition coefficient (Wildman–Crippen LogP) is 4.60. The summed E-state index contributed by atoms with van der Waals surface area (Å²) in [7, 11) is 0. The first-order valence-electron chi connectivity index (χ1n) is 6.47. The summed E-state index contributed by atoms with van der Waals surface area (Å²) in [5.41, 5.74) is 8.03. The molecule has 0 saturated heterocycles. The Bertz CT molecular complexity index is 571. The summed E-state index contributed by atoms with van der Waals surface area (Å²) in [5, 5.41) is 0.747. The molecule has 2 rings (SSSR count). The minimum absolute atomic E-state index is 0.214. The lowest BCUT2D eigenvalue weighted by Gasteiger charge is -2.16. The first-order valence-corrected chi connectivity index (χ1v) is 7.64. The van der Waals surface area contributed by atoms with Gasteiger partial charge in [0.1, 0.15) is 5.82 Å². The zero-order valence-electron chi connectivity index (χ0n) is 11.0. The van der Waals surface area contributed by atoms with E-state index < -0.39 is 0 Å². The molecule has 20 heavy (non-hydrogen) atoms. The quantitative estimate of drug-likeness (QED) is 0.832. The molecule has 0 radical (unpaired) electrons. The van der Waals surface area contributed by atoms with Crippen LogP contribution in [0.2, 0.25) is 5.02 Å². The van der Waals surface area contributed by atoms with Gasteiger partial charge in [0.2, 0.25) is 0 Å². The molecule has 0 spiro atoms. The van der Waals surface area contributed by atoms with Crippen LogP contribution in [-0.2, 0) is 12.8 Å². The van der Waals surface area contributed by atoms with Crippen molar-refractivity contribution < 1.29 is 4.39 Å². The first kappa shape index (κ1) is 15.5. The summed E-state index contributed by atoms with van der Waals surface area (Å²) >= 11 is 9.63. The van der Waals surface area contributed by atoms with Crippen molar-refractivity contribution in [2.45, 2.75) is 12.8 Å². The molecule has 0 fully saturated rings. The summed E-state index contributed by atoms with van der Waals surface area (Å²) in [6, 6.07) is 12.5. The van der Waals surface area contributed by atoms with Crippen molar-refractivity contribution in [3.8, 4) is 0 Å². The minimum Gasteiger partial charge on any atom is -0.330 e. The Labute approximate surface area is 132 Å². The van der Waals surface area contributed by atoms with E-state index >= 15 is 0 Å². The largest absolute Gasteiger partial charge is 0.330 e. The molecule has 1 nitrogen and oxygen atoms in total. The second-order valence-corrected chi connectivity index (χ2v) is 6.20. The van der Waals surface area contributed by atoms with Crippen molar-refractivity contribution >= 4 is 27.5 Å². The van der Waals surface area contributed by atoms with Crippen molar-refractivity contribution in [3.05, 3.63) is 68.9 Å². The maximum absolute atomic E-state index is 12.9. The molecule has 0 heterocycles. The minimum atomic E-state index is -0.214. The SMILES string of the molecule is NCC(Cc1ccc(F)cc1)Cc1ccc(Br)cc1Cl. The van der Waals surface area contributed by atoms with Gasteiger partial charge in [0.15, 0.2) is 0 Å². The zero-order chi connectivity index (χ0) is 14.5. The topological polar surface area (TPSA) is 26.0 Å². The molecule has 0 amide bonds. The van der Waals surface area contributed by atoms with Crippen LogP contribution in [0.5, 0.6) is 0 Å². The van der Waals surface area contributed by atoms with Crippen LogP contribution in [0.4, 0.5) is 4.39 Å². The number of hydrogen-bond acceptors (Lipinski definition) is 1. The van der Waals surface area contributed by atoms with E-state index in [0.717, 1.165) is 33.5 Å². The van der Waals surface area contributed by atoms with Crippen molar-refractivity contribution in [3.63, 3.8) is 0 Å².